The molecule has 3 amide bonds. The van der Waals surface area contributed by atoms with Crippen molar-refractivity contribution in [2.75, 3.05) is 33.4 Å². The minimum atomic E-state index is -0.560. The van der Waals surface area contributed by atoms with Crippen molar-refractivity contribution in [2.24, 2.45) is 0 Å². The number of thioether (sulfide) groups is 1. The summed E-state index contributed by atoms with van der Waals surface area (Å²) in [5.41, 5.74) is 0.507. The van der Waals surface area contributed by atoms with Gasteiger partial charge in [0, 0.05) is 24.2 Å². The number of methoxy groups -OCH3 is 1. The van der Waals surface area contributed by atoms with Gasteiger partial charge in [-0.2, -0.15) is 0 Å². The summed E-state index contributed by atoms with van der Waals surface area (Å²) in [6.45, 7) is 0.315. The van der Waals surface area contributed by atoms with Crippen molar-refractivity contribution in [1.29, 1.82) is 0 Å². The summed E-state index contributed by atoms with van der Waals surface area (Å²) < 4.78 is 10.3. The summed E-state index contributed by atoms with van der Waals surface area (Å²) in [5, 5.41) is 2.47. The topological polar surface area (TPSA) is 84.9 Å². The molecule has 1 heterocycles. The second-order valence-corrected chi connectivity index (χ2v) is 6.72. The summed E-state index contributed by atoms with van der Waals surface area (Å²) in [6, 6.07) is 4.85. The molecule has 9 heteroatoms. The number of ether oxygens (including phenoxy) is 2. The largest absolute Gasteiger partial charge is 0.480 e. The van der Waals surface area contributed by atoms with Crippen LogP contribution in [0.1, 0.15) is 5.56 Å². The van der Waals surface area contributed by atoms with Gasteiger partial charge < -0.3 is 14.8 Å². The van der Waals surface area contributed by atoms with Gasteiger partial charge in [0.15, 0.2) is 0 Å². The zero-order valence-electron chi connectivity index (χ0n) is 14.5. The number of halogens is 1. The van der Waals surface area contributed by atoms with E-state index in [4.69, 9.17) is 27.5 Å². The molecular weight excluding hydrogens is 392 g/mol. The van der Waals surface area contributed by atoms with Gasteiger partial charge in [0.2, 0.25) is 5.91 Å². The normalized spacial score (nSPS) is 15.1. The number of nitrogens with zero attached hydrogens (tertiary/aromatic N) is 1. The first-order valence-corrected chi connectivity index (χ1v) is 9.02. The Morgan fingerprint density at radius 2 is 2.22 bits per heavy atom. The van der Waals surface area contributed by atoms with Crippen LogP contribution < -0.4 is 10.1 Å². The van der Waals surface area contributed by atoms with Crippen LogP contribution in [0.2, 0.25) is 5.02 Å². The molecule has 0 saturated carbocycles. The van der Waals surface area contributed by atoms with Crippen molar-refractivity contribution in [2.45, 2.75) is 0 Å². The molecule has 1 aliphatic rings. The highest BCUT2D eigenvalue weighted by molar-refractivity contribution is 8.18. The average molecular weight is 409 g/mol. The van der Waals surface area contributed by atoms with E-state index in [9.17, 15) is 14.4 Å². The monoisotopic (exact) mass is 408 g/mol. The van der Waals surface area contributed by atoms with E-state index in [-0.39, 0.29) is 18.1 Å². The lowest BCUT2D eigenvalue weighted by Crippen LogP contribution is -2.40. The number of hydrogen-bond acceptors (Lipinski definition) is 6. The SMILES string of the molecule is C#CCOc1ccc(Cl)cc1/C=C1\SC(=O)N(CC(=O)NCCOC)C1=O. The highest BCUT2D eigenvalue weighted by Crippen LogP contribution is 2.34. The molecule has 1 aliphatic heterocycles. The molecule has 0 bridgehead atoms. The van der Waals surface area contributed by atoms with Gasteiger partial charge in [0.1, 0.15) is 18.9 Å². The zero-order chi connectivity index (χ0) is 19.8. The van der Waals surface area contributed by atoms with Crippen LogP contribution in [-0.2, 0) is 14.3 Å². The summed E-state index contributed by atoms with van der Waals surface area (Å²) in [7, 11) is 1.50. The van der Waals surface area contributed by atoms with E-state index < -0.39 is 17.1 Å². The lowest BCUT2D eigenvalue weighted by Gasteiger charge is -2.12. The Morgan fingerprint density at radius 1 is 1.44 bits per heavy atom. The van der Waals surface area contributed by atoms with Crippen LogP contribution in [0.5, 0.6) is 5.75 Å². The molecule has 2 rings (SSSR count). The smallest absolute Gasteiger partial charge is 0.294 e. The second-order valence-electron chi connectivity index (χ2n) is 5.29. The molecule has 0 aromatic heterocycles. The Labute approximate surface area is 166 Å². The fourth-order valence-corrected chi connectivity index (χ4v) is 3.16. The molecular formula is C18H17ClN2O5S. The molecule has 142 valence electrons. The summed E-state index contributed by atoms with van der Waals surface area (Å²) in [4.78, 5) is 37.5. The van der Waals surface area contributed by atoms with Crippen LogP contribution in [-0.4, -0.2) is 55.4 Å². The van der Waals surface area contributed by atoms with Gasteiger partial charge in [0.05, 0.1) is 11.5 Å². The van der Waals surface area contributed by atoms with Crippen molar-refractivity contribution in [3.05, 3.63) is 33.7 Å². The third-order valence-electron chi connectivity index (χ3n) is 3.37. The van der Waals surface area contributed by atoms with Crippen molar-refractivity contribution in [3.8, 4) is 18.1 Å². The number of hydrogen-bond donors (Lipinski definition) is 1. The molecule has 0 spiro atoms. The third-order valence-corrected chi connectivity index (χ3v) is 4.52. The maximum atomic E-state index is 12.5. The van der Waals surface area contributed by atoms with Crippen molar-refractivity contribution < 1.29 is 23.9 Å². The number of benzene rings is 1. The van der Waals surface area contributed by atoms with Crippen LogP contribution in [0, 0.1) is 12.3 Å². The molecule has 1 aromatic carbocycles. The van der Waals surface area contributed by atoms with Gasteiger partial charge >= 0.3 is 0 Å². The Morgan fingerprint density at radius 3 is 2.93 bits per heavy atom. The summed E-state index contributed by atoms with van der Waals surface area (Å²) >= 11 is 6.74. The Kier molecular flexibility index (Phi) is 7.73. The predicted octanol–water partition coefficient (Wildman–Crippen LogP) is 2.15. The highest BCUT2D eigenvalue weighted by atomic mass is 35.5. The van der Waals surface area contributed by atoms with Crippen molar-refractivity contribution in [3.63, 3.8) is 0 Å². The molecule has 1 saturated heterocycles. The average Bonchev–Trinajstić information content (AvgIpc) is 2.89. The molecule has 0 aliphatic carbocycles. The van der Waals surface area contributed by atoms with E-state index in [1.807, 2.05) is 0 Å². The van der Waals surface area contributed by atoms with Crippen LogP contribution in [0.15, 0.2) is 23.1 Å². The minimum Gasteiger partial charge on any atom is -0.480 e. The van der Waals surface area contributed by atoms with Gasteiger partial charge in [-0.05, 0) is 36.0 Å². The second kappa shape index (κ2) is 10.0. The molecule has 27 heavy (non-hydrogen) atoms. The molecule has 1 aromatic rings. The van der Waals surface area contributed by atoms with E-state index in [0.717, 1.165) is 16.7 Å². The van der Waals surface area contributed by atoms with Gasteiger partial charge in [0.25, 0.3) is 11.1 Å². The number of rotatable bonds is 8. The molecule has 0 radical (unpaired) electrons. The number of amides is 3. The van der Waals surface area contributed by atoms with E-state index >= 15 is 0 Å². The third kappa shape index (κ3) is 5.76. The van der Waals surface area contributed by atoms with Crippen molar-refractivity contribution >= 4 is 46.5 Å². The lowest BCUT2D eigenvalue weighted by molar-refractivity contribution is -0.129. The maximum absolute atomic E-state index is 12.5. The van der Waals surface area contributed by atoms with E-state index in [1.54, 1.807) is 18.2 Å². The van der Waals surface area contributed by atoms with Crippen molar-refractivity contribution in [1.82, 2.24) is 10.2 Å². The van der Waals surface area contributed by atoms with Crippen LogP contribution in [0.4, 0.5) is 4.79 Å². The Hall–Kier alpha value is -2.47. The number of terminal acetylenes is 1. The summed E-state index contributed by atoms with van der Waals surface area (Å²) in [5.74, 6) is 1.78. The van der Waals surface area contributed by atoms with Crippen LogP contribution in [0.25, 0.3) is 6.08 Å². The maximum Gasteiger partial charge on any atom is 0.294 e. The summed E-state index contributed by atoms with van der Waals surface area (Å²) in [6.07, 6.45) is 6.69. The Bertz CT molecular complexity index is 818. The van der Waals surface area contributed by atoms with E-state index in [1.165, 1.54) is 13.2 Å². The number of nitrogens with one attached hydrogen (secondary N) is 1. The van der Waals surface area contributed by atoms with Crippen LogP contribution >= 0.6 is 23.4 Å². The predicted molar refractivity (Wildman–Crippen MR) is 103 cm³/mol. The standard InChI is InChI=1S/C18H17ClN2O5S/c1-3-7-26-14-5-4-13(19)9-12(14)10-15-17(23)21(18(24)27-15)11-16(22)20-6-8-25-2/h1,4-5,9-10H,6-8,11H2,2H3,(H,20,22)/b15-10-. The zero-order valence-corrected chi connectivity index (χ0v) is 16.1. The minimum absolute atomic E-state index is 0.0472. The quantitative estimate of drug-likeness (QED) is 0.403. The van der Waals surface area contributed by atoms with Gasteiger partial charge in [-0.1, -0.05) is 17.5 Å². The first kappa shape index (κ1) is 20.8. The van der Waals surface area contributed by atoms with E-state index in [0.29, 0.717) is 29.5 Å². The fraction of sp³-hybridized carbons (Fsp3) is 0.278. The van der Waals surface area contributed by atoms with Gasteiger partial charge in [-0.3, -0.25) is 19.3 Å². The molecule has 1 fully saturated rings. The molecule has 0 unspecified atom stereocenters. The first-order valence-electron chi connectivity index (χ1n) is 7.83. The van der Waals surface area contributed by atoms with Gasteiger partial charge in [-0.15, -0.1) is 6.42 Å². The number of imide groups is 1. The molecule has 1 N–H and O–H groups in total. The number of carbonyl (C=O) groups excluding carboxylic acids is 3. The van der Waals surface area contributed by atoms with E-state index in [2.05, 4.69) is 11.2 Å². The highest BCUT2D eigenvalue weighted by Gasteiger charge is 2.36. The number of carbonyl (C=O) groups is 3. The Balaban J connectivity index is 2.15. The van der Waals surface area contributed by atoms with Crippen LogP contribution in [0.3, 0.4) is 0 Å². The van der Waals surface area contributed by atoms with Gasteiger partial charge in [-0.25, -0.2) is 0 Å². The molecule has 0 atom stereocenters. The fourth-order valence-electron chi connectivity index (χ4n) is 2.15. The lowest BCUT2D eigenvalue weighted by atomic mass is 10.2. The molecule has 7 nitrogen and oxygen atoms in total. The first-order chi connectivity index (χ1) is 13.0.